The summed E-state index contributed by atoms with van der Waals surface area (Å²) in [7, 11) is 0. The summed E-state index contributed by atoms with van der Waals surface area (Å²) in [4.78, 5) is 0. The first-order chi connectivity index (χ1) is 9.24. The summed E-state index contributed by atoms with van der Waals surface area (Å²) in [5, 5.41) is 8.50. The van der Waals surface area contributed by atoms with Gasteiger partial charge >= 0.3 is 0 Å². The van der Waals surface area contributed by atoms with E-state index in [4.69, 9.17) is 5.10 Å². The summed E-state index contributed by atoms with van der Waals surface area (Å²) in [5.74, 6) is 0. The van der Waals surface area contributed by atoms with Crippen molar-refractivity contribution in [3.63, 3.8) is 0 Å². The molecule has 0 fully saturated rings. The number of aryl methyl sites for hydroxylation is 2. The molecule has 2 aromatic carbocycles. The monoisotopic (exact) mass is 246 g/mol. The van der Waals surface area contributed by atoms with E-state index in [0.29, 0.717) is 0 Å². The molecule has 0 atom stereocenters. The topological polar surface area (TPSA) is 17.3 Å². The second-order valence-electron chi connectivity index (χ2n) is 5.17. The molecule has 0 aliphatic rings. The maximum Gasteiger partial charge on any atom is 0.101 e. The average Bonchev–Trinajstić information content (AvgIpc) is 2.78. The van der Waals surface area contributed by atoms with Gasteiger partial charge in [-0.25, -0.2) is 4.52 Å². The third kappa shape index (κ3) is 1.40. The highest BCUT2D eigenvalue weighted by molar-refractivity contribution is 6.11. The predicted octanol–water partition coefficient (Wildman–Crippen LogP) is 4.26. The lowest BCUT2D eigenvalue weighted by atomic mass is 10.0. The van der Waals surface area contributed by atoms with Crippen LogP contribution in [0.4, 0.5) is 0 Å². The van der Waals surface area contributed by atoms with Gasteiger partial charge in [0, 0.05) is 17.0 Å². The number of pyridine rings is 1. The minimum Gasteiger partial charge on any atom is -0.240 e. The predicted molar refractivity (Wildman–Crippen MR) is 79.7 cm³/mol. The molecule has 0 aliphatic carbocycles. The molecular formula is C17H14N2. The largest absolute Gasteiger partial charge is 0.240 e. The van der Waals surface area contributed by atoms with Crippen LogP contribution >= 0.6 is 0 Å². The van der Waals surface area contributed by atoms with Gasteiger partial charge in [-0.05, 0) is 48.6 Å². The van der Waals surface area contributed by atoms with E-state index in [1.165, 1.54) is 32.8 Å². The van der Waals surface area contributed by atoms with Gasteiger partial charge in [-0.2, -0.15) is 5.10 Å². The Bertz CT molecular complexity index is 932. The smallest absolute Gasteiger partial charge is 0.101 e. The van der Waals surface area contributed by atoms with Crippen LogP contribution in [0.25, 0.3) is 27.2 Å². The fourth-order valence-electron chi connectivity index (χ4n) is 2.84. The van der Waals surface area contributed by atoms with Crippen LogP contribution in [0, 0.1) is 13.8 Å². The SMILES string of the molecule is Cc1ccn2nc3c4ccccc4c(C)cc3c2c1. The first-order valence-corrected chi connectivity index (χ1v) is 6.51. The van der Waals surface area contributed by atoms with Crippen LogP contribution in [-0.2, 0) is 0 Å². The maximum atomic E-state index is 4.74. The molecule has 2 heteroatoms. The number of fused-ring (bicyclic) bond motifs is 5. The van der Waals surface area contributed by atoms with Crippen molar-refractivity contribution in [2.45, 2.75) is 13.8 Å². The second-order valence-corrected chi connectivity index (χ2v) is 5.17. The molecular weight excluding hydrogens is 232 g/mol. The average molecular weight is 246 g/mol. The Morgan fingerprint density at radius 2 is 1.68 bits per heavy atom. The number of benzene rings is 2. The van der Waals surface area contributed by atoms with Gasteiger partial charge < -0.3 is 0 Å². The van der Waals surface area contributed by atoms with E-state index in [0.717, 1.165) is 5.52 Å². The van der Waals surface area contributed by atoms with E-state index < -0.39 is 0 Å². The second kappa shape index (κ2) is 3.58. The normalized spacial score (nSPS) is 11.7. The first kappa shape index (κ1) is 10.6. The van der Waals surface area contributed by atoms with Gasteiger partial charge in [0.2, 0.25) is 0 Å². The van der Waals surface area contributed by atoms with Crippen molar-refractivity contribution in [3.8, 4) is 0 Å². The highest BCUT2D eigenvalue weighted by atomic mass is 15.2. The van der Waals surface area contributed by atoms with Gasteiger partial charge in [0.25, 0.3) is 0 Å². The molecule has 2 nitrogen and oxygen atoms in total. The van der Waals surface area contributed by atoms with E-state index in [9.17, 15) is 0 Å². The van der Waals surface area contributed by atoms with Crippen molar-refractivity contribution in [1.82, 2.24) is 9.61 Å². The van der Waals surface area contributed by atoms with Crippen LogP contribution in [0.1, 0.15) is 11.1 Å². The van der Waals surface area contributed by atoms with Crippen LogP contribution in [0.3, 0.4) is 0 Å². The van der Waals surface area contributed by atoms with E-state index >= 15 is 0 Å². The van der Waals surface area contributed by atoms with Gasteiger partial charge in [-0.3, -0.25) is 0 Å². The molecule has 0 bridgehead atoms. The lowest BCUT2D eigenvalue weighted by molar-refractivity contribution is 0.979. The summed E-state index contributed by atoms with van der Waals surface area (Å²) >= 11 is 0. The molecule has 19 heavy (non-hydrogen) atoms. The minimum absolute atomic E-state index is 1.09. The molecule has 0 radical (unpaired) electrons. The Morgan fingerprint density at radius 3 is 2.53 bits per heavy atom. The van der Waals surface area contributed by atoms with Crippen molar-refractivity contribution in [1.29, 1.82) is 0 Å². The van der Waals surface area contributed by atoms with Crippen molar-refractivity contribution in [2.24, 2.45) is 0 Å². The lowest BCUT2D eigenvalue weighted by Crippen LogP contribution is -1.85. The summed E-state index contributed by atoms with van der Waals surface area (Å²) in [6.45, 7) is 4.29. The third-order valence-electron chi connectivity index (χ3n) is 3.80. The Balaban J connectivity index is 2.32. The fraction of sp³-hybridized carbons (Fsp3) is 0.118. The minimum atomic E-state index is 1.09. The van der Waals surface area contributed by atoms with E-state index in [1.54, 1.807) is 0 Å². The quantitative estimate of drug-likeness (QED) is 0.453. The van der Waals surface area contributed by atoms with E-state index in [1.807, 2.05) is 10.7 Å². The van der Waals surface area contributed by atoms with Gasteiger partial charge in [0.1, 0.15) is 5.52 Å². The number of hydrogen-bond donors (Lipinski definition) is 0. The maximum absolute atomic E-state index is 4.74. The van der Waals surface area contributed by atoms with Crippen LogP contribution < -0.4 is 0 Å². The number of rotatable bonds is 0. The van der Waals surface area contributed by atoms with Crippen molar-refractivity contribution in [2.75, 3.05) is 0 Å². The zero-order chi connectivity index (χ0) is 13.0. The summed E-state index contributed by atoms with van der Waals surface area (Å²) in [6.07, 6.45) is 2.04. The Morgan fingerprint density at radius 1 is 0.895 bits per heavy atom. The fourth-order valence-corrected chi connectivity index (χ4v) is 2.84. The Labute approximate surface area is 111 Å². The zero-order valence-electron chi connectivity index (χ0n) is 11.0. The van der Waals surface area contributed by atoms with Crippen molar-refractivity contribution in [3.05, 3.63) is 59.8 Å². The molecule has 0 saturated heterocycles. The van der Waals surface area contributed by atoms with Crippen LogP contribution in [0.15, 0.2) is 48.7 Å². The molecule has 0 spiro atoms. The lowest BCUT2D eigenvalue weighted by Gasteiger charge is -2.02. The highest BCUT2D eigenvalue weighted by Crippen LogP contribution is 2.30. The molecule has 0 N–H and O–H groups in total. The molecule has 0 aliphatic heterocycles. The van der Waals surface area contributed by atoms with E-state index in [2.05, 4.69) is 56.3 Å². The van der Waals surface area contributed by atoms with Crippen LogP contribution in [-0.4, -0.2) is 9.61 Å². The number of aromatic nitrogens is 2. The van der Waals surface area contributed by atoms with Crippen molar-refractivity contribution < 1.29 is 0 Å². The molecule has 4 aromatic rings. The molecule has 0 unspecified atom stereocenters. The summed E-state index contributed by atoms with van der Waals surface area (Å²) in [6, 6.07) is 15.0. The first-order valence-electron chi connectivity index (χ1n) is 6.51. The molecule has 0 saturated carbocycles. The molecule has 0 amide bonds. The standard InChI is InChI=1S/C17H14N2/c1-11-7-8-19-16(9-11)15-10-12(2)13-5-3-4-6-14(13)17(15)18-19/h3-10H,1-2H3. The molecule has 2 aromatic heterocycles. The van der Waals surface area contributed by atoms with Crippen LogP contribution in [0.2, 0.25) is 0 Å². The van der Waals surface area contributed by atoms with E-state index in [-0.39, 0.29) is 0 Å². The zero-order valence-corrected chi connectivity index (χ0v) is 11.0. The van der Waals surface area contributed by atoms with Gasteiger partial charge in [-0.1, -0.05) is 24.3 Å². The van der Waals surface area contributed by atoms with Gasteiger partial charge in [0.05, 0.1) is 5.52 Å². The van der Waals surface area contributed by atoms with Crippen LogP contribution in [0.5, 0.6) is 0 Å². The number of hydrogen-bond acceptors (Lipinski definition) is 1. The summed E-state index contributed by atoms with van der Waals surface area (Å²) < 4.78 is 1.98. The summed E-state index contributed by atoms with van der Waals surface area (Å²) in [5.41, 5.74) is 4.84. The van der Waals surface area contributed by atoms with Crippen molar-refractivity contribution >= 4 is 27.2 Å². The molecule has 2 heterocycles. The Kier molecular flexibility index (Phi) is 1.99. The van der Waals surface area contributed by atoms with Gasteiger partial charge in [-0.15, -0.1) is 0 Å². The molecule has 92 valence electrons. The molecule has 4 rings (SSSR count). The third-order valence-corrected chi connectivity index (χ3v) is 3.80. The Hall–Kier alpha value is -2.35. The number of nitrogens with zero attached hydrogens (tertiary/aromatic N) is 2. The van der Waals surface area contributed by atoms with Gasteiger partial charge in [0.15, 0.2) is 0 Å². The highest BCUT2D eigenvalue weighted by Gasteiger charge is 2.10.